The molecule has 1 unspecified atom stereocenters. The molecule has 5 heteroatoms. The first kappa shape index (κ1) is 16.5. The average Bonchev–Trinajstić information content (AvgIpc) is 3.07. The number of aryl methyl sites for hydroxylation is 1. The third-order valence-electron chi connectivity index (χ3n) is 3.94. The van der Waals surface area contributed by atoms with Crippen molar-refractivity contribution in [2.45, 2.75) is 24.3 Å². The number of hydrogen-bond donors (Lipinski definition) is 1. The van der Waals surface area contributed by atoms with Crippen molar-refractivity contribution in [1.82, 2.24) is 3.97 Å². The molecule has 0 saturated heterocycles. The predicted octanol–water partition coefficient (Wildman–Crippen LogP) is 3.31. The van der Waals surface area contributed by atoms with Crippen LogP contribution in [0, 0.1) is 6.92 Å². The molecule has 124 valence electrons. The third kappa shape index (κ3) is 3.42. The summed E-state index contributed by atoms with van der Waals surface area (Å²) < 4.78 is 26.4. The summed E-state index contributed by atoms with van der Waals surface area (Å²) in [5, 5.41) is 10.4. The monoisotopic (exact) mass is 341 g/mol. The maximum absolute atomic E-state index is 12.6. The van der Waals surface area contributed by atoms with Crippen LogP contribution >= 0.6 is 0 Å². The van der Waals surface area contributed by atoms with Gasteiger partial charge in [-0.1, -0.05) is 48.0 Å². The molecule has 0 aliphatic heterocycles. The van der Waals surface area contributed by atoms with Gasteiger partial charge < -0.3 is 5.11 Å². The number of aromatic nitrogens is 1. The van der Waals surface area contributed by atoms with E-state index in [2.05, 4.69) is 0 Å². The van der Waals surface area contributed by atoms with Gasteiger partial charge in [0.05, 0.1) is 11.0 Å². The highest BCUT2D eigenvalue weighted by Crippen LogP contribution is 2.21. The van der Waals surface area contributed by atoms with Gasteiger partial charge in [0.15, 0.2) is 0 Å². The van der Waals surface area contributed by atoms with Crippen molar-refractivity contribution in [2.24, 2.45) is 0 Å². The van der Waals surface area contributed by atoms with Gasteiger partial charge >= 0.3 is 0 Å². The van der Waals surface area contributed by atoms with E-state index in [-0.39, 0.29) is 4.90 Å². The Morgan fingerprint density at radius 3 is 2.33 bits per heavy atom. The molecule has 1 heterocycles. The molecule has 3 aromatic rings. The fourth-order valence-electron chi connectivity index (χ4n) is 2.53. The van der Waals surface area contributed by atoms with Crippen LogP contribution < -0.4 is 0 Å². The molecular weight excluding hydrogens is 322 g/mol. The highest BCUT2D eigenvalue weighted by molar-refractivity contribution is 7.90. The van der Waals surface area contributed by atoms with Crippen LogP contribution in [0.4, 0.5) is 0 Å². The van der Waals surface area contributed by atoms with Crippen LogP contribution in [0.3, 0.4) is 0 Å². The van der Waals surface area contributed by atoms with Gasteiger partial charge in [0, 0.05) is 18.8 Å². The number of benzene rings is 2. The highest BCUT2D eigenvalue weighted by Gasteiger charge is 2.18. The molecule has 0 spiro atoms. The van der Waals surface area contributed by atoms with E-state index in [1.807, 2.05) is 37.3 Å². The van der Waals surface area contributed by atoms with Crippen molar-refractivity contribution in [1.29, 1.82) is 0 Å². The zero-order valence-electron chi connectivity index (χ0n) is 13.3. The molecule has 3 rings (SSSR count). The lowest BCUT2D eigenvalue weighted by molar-refractivity contribution is 0.178. The summed E-state index contributed by atoms with van der Waals surface area (Å²) in [5.41, 5.74) is 2.58. The Kier molecular flexibility index (Phi) is 4.55. The van der Waals surface area contributed by atoms with Gasteiger partial charge in [-0.3, -0.25) is 0 Å². The van der Waals surface area contributed by atoms with Crippen molar-refractivity contribution >= 4 is 10.0 Å². The van der Waals surface area contributed by atoms with Gasteiger partial charge in [-0.05, 0) is 36.2 Å². The second kappa shape index (κ2) is 6.63. The van der Waals surface area contributed by atoms with Gasteiger partial charge in [-0.25, -0.2) is 12.4 Å². The summed E-state index contributed by atoms with van der Waals surface area (Å²) in [4.78, 5) is 0.229. The predicted molar refractivity (Wildman–Crippen MR) is 93.3 cm³/mol. The summed E-state index contributed by atoms with van der Waals surface area (Å²) in [6.07, 6.45) is 2.64. The average molecular weight is 341 g/mol. The SMILES string of the molecule is Cc1ccc(S(=O)(=O)n2ccc(C(O)Cc3ccccc3)c2)cc1. The van der Waals surface area contributed by atoms with Crippen molar-refractivity contribution in [3.05, 3.63) is 89.7 Å². The Bertz CT molecular complexity index is 913. The lowest BCUT2D eigenvalue weighted by Gasteiger charge is -2.09. The normalized spacial score (nSPS) is 12.9. The molecule has 0 amide bonds. The standard InChI is InChI=1S/C19H19NO3S/c1-15-7-9-18(10-8-15)24(22,23)20-12-11-17(14-20)19(21)13-16-5-3-2-4-6-16/h2-12,14,19,21H,13H2,1H3. The van der Waals surface area contributed by atoms with Crippen molar-refractivity contribution in [3.63, 3.8) is 0 Å². The molecular formula is C19H19NO3S. The second-order valence-electron chi connectivity index (χ2n) is 5.80. The van der Waals surface area contributed by atoms with Crippen molar-refractivity contribution in [3.8, 4) is 0 Å². The molecule has 0 aliphatic rings. The van der Waals surface area contributed by atoms with Gasteiger partial charge in [0.1, 0.15) is 0 Å². The van der Waals surface area contributed by atoms with E-state index in [9.17, 15) is 13.5 Å². The third-order valence-corrected chi connectivity index (χ3v) is 5.59. The zero-order chi connectivity index (χ0) is 17.2. The molecule has 2 aromatic carbocycles. The first-order valence-electron chi connectivity index (χ1n) is 7.69. The minimum atomic E-state index is -3.64. The van der Waals surface area contributed by atoms with Crippen LogP contribution in [-0.2, 0) is 16.4 Å². The first-order valence-corrected chi connectivity index (χ1v) is 9.13. The lowest BCUT2D eigenvalue weighted by Crippen LogP contribution is -2.11. The van der Waals surface area contributed by atoms with Crippen LogP contribution in [0.2, 0.25) is 0 Å². The molecule has 1 N–H and O–H groups in total. The number of rotatable bonds is 5. The summed E-state index contributed by atoms with van der Waals surface area (Å²) in [6, 6.07) is 18.0. The molecule has 0 saturated carbocycles. The largest absolute Gasteiger partial charge is 0.388 e. The Morgan fingerprint density at radius 1 is 1.00 bits per heavy atom. The minimum Gasteiger partial charge on any atom is -0.388 e. The van der Waals surface area contributed by atoms with E-state index in [4.69, 9.17) is 0 Å². The van der Waals surface area contributed by atoms with E-state index in [0.717, 1.165) is 15.1 Å². The summed E-state index contributed by atoms with van der Waals surface area (Å²) in [5.74, 6) is 0. The smallest absolute Gasteiger partial charge is 0.267 e. The van der Waals surface area contributed by atoms with Gasteiger partial charge in [-0.2, -0.15) is 0 Å². The molecule has 1 aromatic heterocycles. The first-order chi connectivity index (χ1) is 11.5. The number of nitrogens with zero attached hydrogens (tertiary/aromatic N) is 1. The van der Waals surface area contributed by atoms with Crippen LogP contribution in [0.5, 0.6) is 0 Å². The van der Waals surface area contributed by atoms with Gasteiger partial charge in [-0.15, -0.1) is 0 Å². The fourth-order valence-corrected chi connectivity index (χ4v) is 3.73. The van der Waals surface area contributed by atoms with Crippen molar-refractivity contribution in [2.75, 3.05) is 0 Å². The van der Waals surface area contributed by atoms with Crippen molar-refractivity contribution < 1.29 is 13.5 Å². The Hall–Kier alpha value is -2.37. The summed E-state index contributed by atoms with van der Waals surface area (Å²) in [6.45, 7) is 1.91. The van der Waals surface area contributed by atoms with Crippen LogP contribution in [0.1, 0.15) is 22.8 Å². The molecule has 0 bridgehead atoms. The molecule has 4 nitrogen and oxygen atoms in total. The number of aliphatic hydroxyl groups excluding tert-OH is 1. The van der Waals surface area contributed by atoms with Gasteiger partial charge in [0.25, 0.3) is 10.0 Å². The van der Waals surface area contributed by atoms with E-state index >= 15 is 0 Å². The highest BCUT2D eigenvalue weighted by atomic mass is 32.2. The fraction of sp³-hybridized carbons (Fsp3) is 0.158. The maximum atomic E-state index is 12.6. The van der Waals surface area contributed by atoms with E-state index in [0.29, 0.717) is 12.0 Å². The minimum absolute atomic E-state index is 0.229. The van der Waals surface area contributed by atoms with E-state index in [1.54, 1.807) is 30.3 Å². The second-order valence-corrected chi connectivity index (χ2v) is 7.64. The maximum Gasteiger partial charge on any atom is 0.267 e. The number of aliphatic hydroxyl groups is 1. The van der Waals surface area contributed by atoms with Crippen LogP contribution in [0.15, 0.2) is 78.0 Å². The Morgan fingerprint density at radius 2 is 1.67 bits per heavy atom. The summed E-state index contributed by atoms with van der Waals surface area (Å²) in [7, 11) is -3.64. The Balaban J connectivity index is 1.83. The van der Waals surface area contributed by atoms with E-state index in [1.165, 1.54) is 12.4 Å². The van der Waals surface area contributed by atoms with E-state index < -0.39 is 16.1 Å². The molecule has 1 atom stereocenters. The summed E-state index contributed by atoms with van der Waals surface area (Å²) >= 11 is 0. The van der Waals surface area contributed by atoms with Crippen LogP contribution in [-0.4, -0.2) is 17.5 Å². The molecule has 0 radical (unpaired) electrons. The molecule has 24 heavy (non-hydrogen) atoms. The molecule has 0 aliphatic carbocycles. The lowest BCUT2D eigenvalue weighted by atomic mass is 10.0. The number of hydrogen-bond acceptors (Lipinski definition) is 3. The van der Waals surface area contributed by atoms with Gasteiger partial charge in [0.2, 0.25) is 0 Å². The topological polar surface area (TPSA) is 59.3 Å². The quantitative estimate of drug-likeness (QED) is 0.774. The van der Waals surface area contributed by atoms with Crippen LogP contribution in [0.25, 0.3) is 0 Å². The molecule has 0 fully saturated rings. The zero-order valence-corrected chi connectivity index (χ0v) is 14.1. The Labute approximate surface area is 142 Å².